The van der Waals surface area contributed by atoms with E-state index >= 15 is 0 Å². The Hall–Kier alpha value is -0.580. The van der Waals surface area contributed by atoms with Gasteiger partial charge in [0.2, 0.25) is 0 Å². The summed E-state index contributed by atoms with van der Waals surface area (Å²) in [5.74, 6) is 0.978. The average molecular weight is 341 g/mol. The van der Waals surface area contributed by atoms with E-state index in [0.717, 1.165) is 28.8 Å². The van der Waals surface area contributed by atoms with E-state index < -0.39 is 5.60 Å². The molecule has 1 aromatic rings. The molecule has 0 spiro atoms. The maximum atomic E-state index is 10.9. The van der Waals surface area contributed by atoms with E-state index in [2.05, 4.69) is 28.1 Å². The van der Waals surface area contributed by atoms with Crippen LogP contribution in [0.3, 0.4) is 0 Å². The van der Waals surface area contributed by atoms with E-state index in [9.17, 15) is 5.11 Å². The maximum Gasteiger partial charge on any atom is 0.125 e. The van der Waals surface area contributed by atoms with Gasteiger partial charge in [-0.05, 0) is 43.5 Å². The van der Waals surface area contributed by atoms with Gasteiger partial charge in [-0.3, -0.25) is 0 Å². The molecule has 1 aromatic carbocycles. The molecular formula is C16H21BrO3. The molecular weight excluding hydrogens is 320 g/mol. The Bertz CT molecular complexity index is 527. The van der Waals surface area contributed by atoms with Crippen LogP contribution in [-0.2, 0) is 17.6 Å². The molecule has 0 bridgehead atoms. The summed E-state index contributed by atoms with van der Waals surface area (Å²) in [5, 5.41) is 10.9. The lowest BCUT2D eigenvalue weighted by atomic mass is 9.80. The first-order valence-corrected chi connectivity index (χ1v) is 7.97. The lowest BCUT2D eigenvalue weighted by molar-refractivity contribution is -0.143. The molecule has 0 radical (unpaired) electrons. The lowest BCUT2D eigenvalue weighted by Crippen LogP contribution is -2.47. The minimum atomic E-state index is -0.706. The standard InChI is InChI=1S/C16H21BrO3/c1-15(2)10-16(18,4-6-20-15)9-12-8-13(17)7-11-3-5-19-14(11)12/h7-8,18H,3-6,9-10H2,1-2H3. The Balaban J connectivity index is 1.88. The van der Waals surface area contributed by atoms with Crippen molar-refractivity contribution in [1.29, 1.82) is 0 Å². The zero-order chi connectivity index (χ0) is 14.4. The number of benzene rings is 1. The van der Waals surface area contributed by atoms with Gasteiger partial charge in [-0.15, -0.1) is 0 Å². The third-order valence-electron chi connectivity index (χ3n) is 4.16. The number of hydrogen-bond donors (Lipinski definition) is 1. The highest BCUT2D eigenvalue weighted by atomic mass is 79.9. The molecule has 110 valence electrons. The van der Waals surface area contributed by atoms with Crippen molar-refractivity contribution < 1.29 is 14.6 Å². The van der Waals surface area contributed by atoms with Crippen LogP contribution >= 0.6 is 15.9 Å². The summed E-state index contributed by atoms with van der Waals surface area (Å²) in [6.07, 6.45) is 2.91. The third-order valence-corrected chi connectivity index (χ3v) is 4.62. The molecule has 2 aliphatic heterocycles. The van der Waals surface area contributed by atoms with Crippen LogP contribution in [0.5, 0.6) is 5.75 Å². The highest BCUT2D eigenvalue weighted by molar-refractivity contribution is 9.10. The molecule has 1 atom stereocenters. The molecule has 0 aliphatic carbocycles. The van der Waals surface area contributed by atoms with E-state index in [1.807, 2.05) is 13.8 Å². The van der Waals surface area contributed by atoms with Gasteiger partial charge in [-0.1, -0.05) is 15.9 Å². The summed E-state index contributed by atoms with van der Waals surface area (Å²) in [6.45, 7) is 5.43. The van der Waals surface area contributed by atoms with Crippen LogP contribution in [0.15, 0.2) is 16.6 Å². The number of fused-ring (bicyclic) bond motifs is 1. The van der Waals surface area contributed by atoms with E-state index in [0.29, 0.717) is 25.9 Å². The number of ether oxygens (including phenoxy) is 2. The number of rotatable bonds is 2. The largest absolute Gasteiger partial charge is 0.493 e. The summed E-state index contributed by atoms with van der Waals surface area (Å²) in [7, 11) is 0. The van der Waals surface area contributed by atoms with E-state index in [1.54, 1.807) is 0 Å². The molecule has 2 aliphatic rings. The summed E-state index contributed by atoms with van der Waals surface area (Å²) in [6, 6.07) is 4.19. The molecule has 3 rings (SSSR count). The van der Waals surface area contributed by atoms with Gasteiger partial charge < -0.3 is 14.6 Å². The summed E-state index contributed by atoms with van der Waals surface area (Å²) < 4.78 is 12.5. The fourth-order valence-corrected chi connectivity index (χ4v) is 3.98. The third kappa shape index (κ3) is 2.87. The molecule has 0 saturated carbocycles. The van der Waals surface area contributed by atoms with E-state index in [4.69, 9.17) is 9.47 Å². The predicted octanol–water partition coefficient (Wildman–Crippen LogP) is 3.25. The van der Waals surface area contributed by atoms with Crippen molar-refractivity contribution in [2.45, 2.75) is 50.7 Å². The summed E-state index contributed by atoms with van der Waals surface area (Å²) in [5.41, 5.74) is 1.38. The van der Waals surface area contributed by atoms with Crippen LogP contribution < -0.4 is 4.74 Å². The van der Waals surface area contributed by atoms with Gasteiger partial charge in [0.05, 0.1) is 24.4 Å². The van der Waals surface area contributed by atoms with Crippen LogP contribution in [0.2, 0.25) is 0 Å². The maximum absolute atomic E-state index is 10.9. The highest BCUT2D eigenvalue weighted by Gasteiger charge is 2.40. The Morgan fingerprint density at radius 2 is 2.10 bits per heavy atom. The first-order chi connectivity index (χ1) is 9.37. The topological polar surface area (TPSA) is 38.7 Å². The second kappa shape index (κ2) is 5.00. The molecule has 1 N–H and O–H groups in total. The smallest absolute Gasteiger partial charge is 0.125 e. The minimum absolute atomic E-state index is 0.261. The van der Waals surface area contributed by atoms with Crippen LogP contribution in [0, 0.1) is 0 Å². The lowest BCUT2D eigenvalue weighted by Gasteiger charge is -2.41. The monoisotopic (exact) mass is 340 g/mol. The second-order valence-electron chi connectivity index (χ2n) is 6.59. The van der Waals surface area contributed by atoms with E-state index in [1.165, 1.54) is 5.56 Å². The quantitative estimate of drug-likeness (QED) is 0.898. The van der Waals surface area contributed by atoms with Crippen molar-refractivity contribution in [1.82, 2.24) is 0 Å². The predicted molar refractivity (Wildman–Crippen MR) is 81.3 cm³/mol. The summed E-state index contributed by atoms with van der Waals surface area (Å²) >= 11 is 3.56. The van der Waals surface area contributed by atoms with Crippen molar-refractivity contribution >= 4 is 15.9 Å². The van der Waals surface area contributed by atoms with Crippen LogP contribution in [-0.4, -0.2) is 29.5 Å². The van der Waals surface area contributed by atoms with Gasteiger partial charge in [-0.2, -0.15) is 0 Å². The van der Waals surface area contributed by atoms with Crippen molar-refractivity contribution in [2.24, 2.45) is 0 Å². The normalized spacial score (nSPS) is 28.0. The fourth-order valence-electron chi connectivity index (χ4n) is 3.43. The Morgan fingerprint density at radius 3 is 2.85 bits per heavy atom. The molecule has 0 amide bonds. The molecule has 4 heteroatoms. The van der Waals surface area contributed by atoms with Crippen molar-refractivity contribution in [3.8, 4) is 5.75 Å². The van der Waals surface area contributed by atoms with Gasteiger partial charge in [0.15, 0.2) is 0 Å². The molecule has 20 heavy (non-hydrogen) atoms. The minimum Gasteiger partial charge on any atom is -0.493 e. The molecule has 3 nitrogen and oxygen atoms in total. The summed E-state index contributed by atoms with van der Waals surface area (Å²) in [4.78, 5) is 0. The Morgan fingerprint density at radius 1 is 1.30 bits per heavy atom. The van der Waals surface area contributed by atoms with Crippen LogP contribution in [0.25, 0.3) is 0 Å². The number of aliphatic hydroxyl groups is 1. The van der Waals surface area contributed by atoms with Gasteiger partial charge in [0.1, 0.15) is 5.75 Å². The molecule has 0 aromatic heterocycles. The zero-order valence-electron chi connectivity index (χ0n) is 12.0. The van der Waals surface area contributed by atoms with Crippen molar-refractivity contribution in [2.75, 3.05) is 13.2 Å². The number of hydrogen-bond acceptors (Lipinski definition) is 3. The number of halogens is 1. The average Bonchev–Trinajstić information content (AvgIpc) is 2.74. The van der Waals surface area contributed by atoms with Gasteiger partial charge >= 0.3 is 0 Å². The van der Waals surface area contributed by atoms with Gasteiger partial charge in [0.25, 0.3) is 0 Å². The Kier molecular flexibility index (Phi) is 3.59. The van der Waals surface area contributed by atoms with Gasteiger partial charge in [0, 0.05) is 23.7 Å². The van der Waals surface area contributed by atoms with Crippen molar-refractivity contribution in [3.63, 3.8) is 0 Å². The molecule has 1 saturated heterocycles. The molecule has 1 fully saturated rings. The first kappa shape index (κ1) is 14.4. The van der Waals surface area contributed by atoms with Gasteiger partial charge in [-0.25, -0.2) is 0 Å². The molecule has 2 heterocycles. The van der Waals surface area contributed by atoms with Crippen LogP contribution in [0.1, 0.15) is 37.8 Å². The second-order valence-corrected chi connectivity index (χ2v) is 7.50. The fraction of sp³-hybridized carbons (Fsp3) is 0.625. The zero-order valence-corrected chi connectivity index (χ0v) is 13.6. The van der Waals surface area contributed by atoms with Crippen molar-refractivity contribution in [3.05, 3.63) is 27.7 Å². The first-order valence-electron chi connectivity index (χ1n) is 7.17. The SMILES string of the molecule is CC1(C)CC(O)(Cc2cc(Br)cc3c2OCC3)CCO1. The highest BCUT2D eigenvalue weighted by Crippen LogP contribution is 2.39. The van der Waals surface area contributed by atoms with Crippen LogP contribution in [0.4, 0.5) is 0 Å². The Labute approximate surface area is 128 Å². The molecule has 1 unspecified atom stereocenters. The van der Waals surface area contributed by atoms with E-state index in [-0.39, 0.29) is 5.60 Å².